The lowest BCUT2D eigenvalue weighted by Gasteiger charge is -2.27. The van der Waals surface area contributed by atoms with Gasteiger partial charge in [0, 0.05) is 101 Å². The second kappa shape index (κ2) is 34.4. The topological polar surface area (TPSA) is 217 Å². The van der Waals surface area contributed by atoms with Crippen LogP contribution in [-0.4, -0.2) is 141 Å². The molecular formula is C65H86ClN10O8+. The standard InChI is InChI=1S/C65H85ClN10O8/c1-64(2)57(75(55-27-23-49-15-9-11-17-53(49)61(55)64)35-13-5-7-19-59(77)69-31-37-79-41-45-83-47-43-81-39-33-71-73-67)29-25-51-21-22-52(63(51)66)26-30-58-65(3,4)62-54-18-12-10-16-50(54)24-28-56(62)76(58)36-14-6-8-20-60(78)70-32-38-80-42-46-84-48-44-82-40-34-72-74-68/h9-12,15-18,23-30H,5-8,13-14,19-22,31-48H2,1-4H3,(H-,69,70,77,78)/p+1. The summed E-state index contributed by atoms with van der Waals surface area (Å²) in [7, 11) is 0. The molecule has 4 aromatic carbocycles. The Morgan fingerprint density at radius 1 is 0.607 bits per heavy atom. The van der Waals surface area contributed by atoms with E-state index < -0.39 is 0 Å². The summed E-state index contributed by atoms with van der Waals surface area (Å²) >= 11 is 7.41. The Balaban J connectivity index is 0.937. The molecule has 0 bridgehead atoms. The summed E-state index contributed by atoms with van der Waals surface area (Å²) in [5.41, 5.74) is 25.9. The molecule has 4 aromatic rings. The highest BCUT2D eigenvalue weighted by Gasteiger charge is 2.46. The zero-order valence-corrected chi connectivity index (χ0v) is 50.5. The van der Waals surface area contributed by atoms with Gasteiger partial charge in [0.2, 0.25) is 17.5 Å². The van der Waals surface area contributed by atoms with Crippen molar-refractivity contribution in [2.24, 2.45) is 10.2 Å². The lowest BCUT2D eigenvalue weighted by Crippen LogP contribution is -2.28. The number of allylic oxidation sites excluding steroid dienone is 8. The molecule has 0 saturated carbocycles. The molecule has 0 fully saturated rings. The molecule has 2 aliphatic heterocycles. The van der Waals surface area contributed by atoms with Crippen LogP contribution in [0.1, 0.15) is 103 Å². The minimum absolute atomic E-state index is 0.0300. The minimum atomic E-state index is -0.274. The SMILES string of the molecule is CC1(C)C(/C=C/C2=C(Cl)C(=C/C=C3/N(CCCCCC(=O)NCCOCCOCCOCCN=[N+]=[N-])c4ccc5ccccc5c4C3(C)C)/CC2)=[N+](CCCCCC(=O)NCCOCCOCCOCCN=[N+]=[N-])c2ccc3ccccc3c21. The largest absolute Gasteiger partial charge is 0.379 e. The number of halogens is 1. The molecule has 1 aliphatic carbocycles. The Morgan fingerprint density at radius 3 is 1.71 bits per heavy atom. The summed E-state index contributed by atoms with van der Waals surface area (Å²) in [6.45, 7) is 17.5. The van der Waals surface area contributed by atoms with Crippen molar-refractivity contribution in [1.82, 2.24) is 10.6 Å². The number of nitrogens with zero attached hydrogens (tertiary/aromatic N) is 8. The first-order chi connectivity index (χ1) is 41.0. The molecule has 0 radical (unpaired) electrons. The molecule has 84 heavy (non-hydrogen) atoms. The fourth-order valence-corrected chi connectivity index (χ4v) is 11.8. The van der Waals surface area contributed by atoms with Crippen LogP contribution in [0.4, 0.5) is 11.4 Å². The van der Waals surface area contributed by atoms with E-state index in [0.717, 1.165) is 80.6 Å². The van der Waals surface area contributed by atoms with Crippen LogP contribution in [0.15, 0.2) is 129 Å². The highest BCUT2D eigenvalue weighted by atomic mass is 35.5. The number of carbonyl (C=O) groups is 2. The number of unbranched alkanes of at least 4 members (excludes halogenated alkanes) is 4. The fourth-order valence-electron chi connectivity index (χ4n) is 11.5. The second-order valence-corrected chi connectivity index (χ2v) is 22.5. The summed E-state index contributed by atoms with van der Waals surface area (Å²) in [6.07, 6.45) is 17.0. The van der Waals surface area contributed by atoms with E-state index in [1.807, 2.05) is 0 Å². The monoisotopic (exact) mass is 1170 g/mol. The van der Waals surface area contributed by atoms with Crippen molar-refractivity contribution in [3.05, 3.63) is 151 Å². The van der Waals surface area contributed by atoms with Crippen molar-refractivity contribution in [1.29, 1.82) is 0 Å². The van der Waals surface area contributed by atoms with E-state index in [1.165, 1.54) is 55.5 Å². The van der Waals surface area contributed by atoms with Crippen molar-refractivity contribution in [2.45, 2.75) is 103 Å². The van der Waals surface area contributed by atoms with Crippen LogP contribution in [0, 0.1) is 0 Å². The zero-order chi connectivity index (χ0) is 59.4. The zero-order valence-electron chi connectivity index (χ0n) is 49.8. The number of benzene rings is 4. The van der Waals surface area contributed by atoms with E-state index in [1.54, 1.807) is 0 Å². The van der Waals surface area contributed by atoms with Crippen LogP contribution in [0.5, 0.6) is 0 Å². The Kier molecular flexibility index (Phi) is 26.6. The fraction of sp³-hybridized carbons (Fsp3) is 0.523. The van der Waals surface area contributed by atoms with Crippen LogP contribution in [0.3, 0.4) is 0 Å². The van der Waals surface area contributed by atoms with Gasteiger partial charge in [0.05, 0.1) is 84.7 Å². The summed E-state index contributed by atoms with van der Waals surface area (Å²) < 4.78 is 35.3. The number of ether oxygens (including phenoxy) is 6. The van der Waals surface area contributed by atoms with Crippen molar-refractivity contribution >= 4 is 62.0 Å². The third-order valence-corrected chi connectivity index (χ3v) is 16.1. The molecule has 2 N–H and O–H groups in total. The van der Waals surface area contributed by atoms with Crippen molar-refractivity contribution in [3.8, 4) is 0 Å². The molecule has 7 rings (SSSR count). The quantitative estimate of drug-likeness (QED) is 0.0143. The van der Waals surface area contributed by atoms with E-state index in [0.29, 0.717) is 118 Å². The number of hydrogen-bond acceptors (Lipinski definition) is 11. The molecule has 3 aliphatic rings. The van der Waals surface area contributed by atoms with Gasteiger partial charge in [-0.15, -0.1) is 0 Å². The van der Waals surface area contributed by atoms with E-state index >= 15 is 0 Å². The lowest BCUT2D eigenvalue weighted by atomic mass is 9.79. The van der Waals surface area contributed by atoms with Gasteiger partial charge in [0.1, 0.15) is 6.54 Å². The summed E-state index contributed by atoms with van der Waals surface area (Å²) in [5.74, 6) is 0.0600. The number of nitrogens with one attached hydrogen (secondary N) is 2. The maximum Gasteiger partial charge on any atom is 0.220 e. The van der Waals surface area contributed by atoms with Gasteiger partial charge in [-0.05, 0) is 120 Å². The smallest absolute Gasteiger partial charge is 0.220 e. The molecule has 18 nitrogen and oxygen atoms in total. The number of carbonyl (C=O) groups excluding carboxylic acids is 2. The highest BCUT2D eigenvalue weighted by molar-refractivity contribution is 6.33. The molecule has 0 spiro atoms. The Morgan fingerprint density at radius 2 is 1.13 bits per heavy atom. The van der Waals surface area contributed by atoms with Gasteiger partial charge in [0.25, 0.3) is 0 Å². The van der Waals surface area contributed by atoms with E-state index in [4.69, 9.17) is 51.1 Å². The Bertz CT molecular complexity index is 3100. The van der Waals surface area contributed by atoms with Crippen molar-refractivity contribution in [2.75, 3.05) is 123 Å². The number of hydrogen-bond donors (Lipinski definition) is 2. The summed E-state index contributed by atoms with van der Waals surface area (Å²) in [6, 6.07) is 26.3. The first-order valence-electron chi connectivity index (χ1n) is 29.9. The molecule has 0 unspecified atom stereocenters. The van der Waals surface area contributed by atoms with Gasteiger partial charge in [-0.1, -0.05) is 109 Å². The van der Waals surface area contributed by atoms with Crippen LogP contribution in [0.2, 0.25) is 0 Å². The average molecular weight is 1170 g/mol. The molecule has 19 heteroatoms. The number of anilines is 1. The number of rotatable bonds is 39. The molecule has 0 atom stereocenters. The molecule has 0 saturated heterocycles. The Hall–Kier alpha value is -6.56. The third kappa shape index (κ3) is 18.5. The van der Waals surface area contributed by atoms with Gasteiger partial charge in [-0.3, -0.25) is 9.59 Å². The van der Waals surface area contributed by atoms with Gasteiger partial charge in [-0.2, -0.15) is 4.58 Å². The predicted molar refractivity (Wildman–Crippen MR) is 334 cm³/mol. The van der Waals surface area contributed by atoms with E-state index in [2.05, 4.69) is 165 Å². The maximum atomic E-state index is 12.7. The van der Waals surface area contributed by atoms with Gasteiger partial charge in [0.15, 0.2) is 5.71 Å². The van der Waals surface area contributed by atoms with Gasteiger partial charge in [-0.25, -0.2) is 0 Å². The van der Waals surface area contributed by atoms with Crippen LogP contribution in [-0.2, 0) is 48.8 Å². The van der Waals surface area contributed by atoms with E-state index in [-0.39, 0.29) is 22.6 Å². The lowest BCUT2D eigenvalue weighted by molar-refractivity contribution is -0.438. The minimum Gasteiger partial charge on any atom is -0.379 e. The molecular weight excluding hydrogens is 1080 g/mol. The van der Waals surface area contributed by atoms with Crippen molar-refractivity contribution < 1.29 is 42.6 Å². The normalized spacial score (nSPS) is 16.1. The van der Waals surface area contributed by atoms with Gasteiger partial charge < -0.3 is 44.0 Å². The second-order valence-electron chi connectivity index (χ2n) is 22.1. The summed E-state index contributed by atoms with van der Waals surface area (Å²) in [4.78, 5) is 33.4. The van der Waals surface area contributed by atoms with Crippen LogP contribution in [0.25, 0.3) is 42.4 Å². The van der Waals surface area contributed by atoms with Crippen molar-refractivity contribution in [3.63, 3.8) is 0 Å². The number of amides is 2. The predicted octanol–water partition coefficient (Wildman–Crippen LogP) is 12.9. The van der Waals surface area contributed by atoms with Gasteiger partial charge >= 0.3 is 0 Å². The molecule has 450 valence electrons. The molecule has 2 heterocycles. The molecule has 2 amide bonds. The third-order valence-electron chi connectivity index (χ3n) is 15.6. The number of azide groups is 2. The first kappa shape index (κ1) is 65.0. The van der Waals surface area contributed by atoms with E-state index in [9.17, 15) is 9.59 Å². The molecule has 0 aromatic heterocycles. The van der Waals surface area contributed by atoms with Crippen LogP contribution >= 0.6 is 11.6 Å². The summed E-state index contributed by atoms with van der Waals surface area (Å²) in [5, 5.41) is 18.6. The average Bonchev–Trinajstić information content (AvgIpc) is 2.41. The maximum absolute atomic E-state index is 12.7. The van der Waals surface area contributed by atoms with Crippen LogP contribution < -0.4 is 15.5 Å². The number of fused-ring (bicyclic) bond motifs is 6. The first-order valence-corrected chi connectivity index (χ1v) is 30.3. The Labute approximate surface area is 500 Å². The highest BCUT2D eigenvalue weighted by Crippen LogP contribution is 2.51.